The first-order valence-corrected chi connectivity index (χ1v) is 8.33. The van der Waals surface area contributed by atoms with Crippen molar-refractivity contribution in [2.24, 2.45) is 0 Å². The SMILES string of the molecule is Cc1ccc(C)c(C(=O)Nc2ccccc2C(=O)N2CCCC2)c1. The Morgan fingerprint density at radius 1 is 0.958 bits per heavy atom. The van der Waals surface area contributed by atoms with Gasteiger partial charge in [-0.15, -0.1) is 0 Å². The van der Waals surface area contributed by atoms with Crippen LogP contribution in [-0.4, -0.2) is 29.8 Å². The van der Waals surface area contributed by atoms with Crippen molar-refractivity contribution in [1.29, 1.82) is 0 Å². The monoisotopic (exact) mass is 322 g/mol. The molecule has 1 aliphatic rings. The van der Waals surface area contributed by atoms with Gasteiger partial charge in [0, 0.05) is 18.7 Å². The van der Waals surface area contributed by atoms with E-state index in [9.17, 15) is 9.59 Å². The van der Waals surface area contributed by atoms with Crippen LogP contribution < -0.4 is 5.32 Å². The van der Waals surface area contributed by atoms with E-state index in [1.807, 2.05) is 49.1 Å². The number of aryl methyl sites for hydroxylation is 2. The van der Waals surface area contributed by atoms with Gasteiger partial charge in [-0.1, -0.05) is 29.8 Å². The Bertz CT molecular complexity index is 777. The van der Waals surface area contributed by atoms with Gasteiger partial charge in [0.1, 0.15) is 0 Å². The number of carbonyl (C=O) groups excluding carboxylic acids is 2. The maximum atomic E-state index is 12.7. The summed E-state index contributed by atoms with van der Waals surface area (Å²) in [7, 11) is 0. The van der Waals surface area contributed by atoms with E-state index in [0.717, 1.165) is 37.1 Å². The Morgan fingerprint density at radius 2 is 1.67 bits per heavy atom. The molecule has 4 nitrogen and oxygen atoms in total. The van der Waals surface area contributed by atoms with E-state index >= 15 is 0 Å². The van der Waals surface area contributed by atoms with Gasteiger partial charge < -0.3 is 10.2 Å². The van der Waals surface area contributed by atoms with E-state index in [1.165, 1.54) is 0 Å². The summed E-state index contributed by atoms with van der Waals surface area (Å²) in [4.78, 5) is 27.2. The van der Waals surface area contributed by atoms with E-state index in [1.54, 1.807) is 12.1 Å². The molecule has 1 saturated heterocycles. The number of para-hydroxylation sites is 1. The van der Waals surface area contributed by atoms with Gasteiger partial charge in [0.05, 0.1) is 11.3 Å². The number of anilines is 1. The Kier molecular flexibility index (Phi) is 4.65. The van der Waals surface area contributed by atoms with Gasteiger partial charge in [0.25, 0.3) is 11.8 Å². The zero-order valence-electron chi connectivity index (χ0n) is 14.1. The minimum atomic E-state index is -0.183. The van der Waals surface area contributed by atoms with Gasteiger partial charge in [-0.3, -0.25) is 9.59 Å². The normalized spacial score (nSPS) is 13.8. The summed E-state index contributed by atoms with van der Waals surface area (Å²) in [6.07, 6.45) is 2.09. The molecule has 0 spiro atoms. The molecule has 1 N–H and O–H groups in total. The largest absolute Gasteiger partial charge is 0.339 e. The minimum Gasteiger partial charge on any atom is -0.339 e. The van der Waals surface area contributed by atoms with Crippen molar-refractivity contribution >= 4 is 17.5 Å². The molecule has 0 saturated carbocycles. The molecule has 3 rings (SSSR count). The highest BCUT2D eigenvalue weighted by Gasteiger charge is 2.22. The molecule has 124 valence electrons. The van der Waals surface area contributed by atoms with Crippen LogP contribution in [0.25, 0.3) is 0 Å². The number of nitrogens with zero attached hydrogens (tertiary/aromatic N) is 1. The lowest BCUT2D eigenvalue weighted by atomic mass is 10.0. The molecule has 24 heavy (non-hydrogen) atoms. The predicted octanol–water partition coefficient (Wildman–Crippen LogP) is 3.79. The number of amides is 2. The van der Waals surface area contributed by atoms with Crippen LogP contribution in [0, 0.1) is 13.8 Å². The van der Waals surface area contributed by atoms with Crippen LogP contribution in [0.4, 0.5) is 5.69 Å². The number of likely N-dealkylation sites (tertiary alicyclic amines) is 1. The third-order valence-corrected chi connectivity index (χ3v) is 4.44. The smallest absolute Gasteiger partial charge is 0.255 e. The Balaban J connectivity index is 1.86. The van der Waals surface area contributed by atoms with E-state index < -0.39 is 0 Å². The standard InChI is InChI=1S/C20H22N2O2/c1-14-9-10-15(2)17(13-14)19(23)21-18-8-4-3-7-16(18)20(24)22-11-5-6-12-22/h3-4,7-10,13H,5-6,11-12H2,1-2H3,(H,21,23). The average molecular weight is 322 g/mol. The van der Waals surface area contributed by atoms with Crippen molar-refractivity contribution in [2.75, 3.05) is 18.4 Å². The second-order valence-corrected chi connectivity index (χ2v) is 6.32. The zero-order chi connectivity index (χ0) is 17.1. The van der Waals surface area contributed by atoms with E-state index in [2.05, 4.69) is 5.32 Å². The third kappa shape index (κ3) is 3.32. The van der Waals surface area contributed by atoms with Crippen molar-refractivity contribution < 1.29 is 9.59 Å². The van der Waals surface area contributed by atoms with Crippen molar-refractivity contribution in [3.63, 3.8) is 0 Å². The molecule has 1 heterocycles. The second-order valence-electron chi connectivity index (χ2n) is 6.32. The highest BCUT2D eigenvalue weighted by molar-refractivity contribution is 6.09. The fourth-order valence-electron chi connectivity index (χ4n) is 3.04. The number of carbonyl (C=O) groups is 2. The lowest BCUT2D eigenvalue weighted by Crippen LogP contribution is -2.28. The van der Waals surface area contributed by atoms with Crippen LogP contribution >= 0.6 is 0 Å². The molecule has 1 fully saturated rings. The van der Waals surface area contributed by atoms with Crippen LogP contribution in [-0.2, 0) is 0 Å². The highest BCUT2D eigenvalue weighted by atomic mass is 16.2. The van der Waals surface area contributed by atoms with Crippen molar-refractivity contribution in [3.05, 3.63) is 64.7 Å². The molecule has 2 amide bonds. The molecule has 2 aromatic rings. The fourth-order valence-corrected chi connectivity index (χ4v) is 3.04. The summed E-state index contributed by atoms with van der Waals surface area (Å²) < 4.78 is 0. The van der Waals surface area contributed by atoms with Crippen LogP contribution in [0.1, 0.15) is 44.7 Å². The van der Waals surface area contributed by atoms with Crippen molar-refractivity contribution in [3.8, 4) is 0 Å². The molecular formula is C20H22N2O2. The maximum Gasteiger partial charge on any atom is 0.255 e. The van der Waals surface area contributed by atoms with Gasteiger partial charge in [-0.25, -0.2) is 0 Å². The van der Waals surface area contributed by atoms with Crippen molar-refractivity contribution in [1.82, 2.24) is 4.90 Å². The number of rotatable bonds is 3. The number of nitrogens with one attached hydrogen (secondary N) is 1. The van der Waals surface area contributed by atoms with Crippen LogP contribution in [0.5, 0.6) is 0 Å². The van der Waals surface area contributed by atoms with Gasteiger partial charge >= 0.3 is 0 Å². The van der Waals surface area contributed by atoms with E-state index in [4.69, 9.17) is 0 Å². The average Bonchev–Trinajstić information content (AvgIpc) is 3.11. The summed E-state index contributed by atoms with van der Waals surface area (Å²) >= 11 is 0. The van der Waals surface area contributed by atoms with Crippen molar-refractivity contribution in [2.45, 2.75) is 26.7 Å². The van der Waals surface area contributed by atoms with Crippen LogP contribution in [0.15, 0.2) is 42.5 Å². The molecule has 1 aliphatic heterocycles. The van der Waals surface area contributed by atoms with Crippen LogP contribution in [0.3, 0.4) is 0 Å². The zero-order valence-corrected chi connectivity index (χ0v) is 14.1. The lowest BCUT2D eigenvalue weighted by Gasteiger charge is -2.18. The summed E-state index contributed by atoms with van der Waals surface area (Å²) in [5, 5.41) is 2.91. The number of benzene rings is 2. The number of hydrogen-bond acceptors (Lipinski definition) is 2. The predicted molar refractivity (Wildman–Crippen MR) is 95.4 cm³/mol. The summed E-state index contributed by atoms with van der Waals surface area (Å²) in [5.74, 6) is -0.192. The fraction of sp³-hybridized carbons (Fsp3) is 0.300. The van der Waals surface area contributed by atoms with Gasteiger partial charge in [0.2, 0.25) is 0 Å². The number of hydrogen-bond donors (Lipinski definition) is 1. The Labute approximate surface area is 142 Å². The summed E-state index contributed by atoms with van der Waals surface area (Å²) in [5.41, 5.74) is 3.71. The highest BCUT2D eigenvalue weighted by Crippen LogP contribution is 2.21. The quantitative estimate of drug-likeness (QED) is 0.934. The molecule has 2 aromatic carbocycles. The topological polar surface area (TPSA) is 49.4 Å². The molecule has 0 unspecified atom stereocenters. The molecule has 0 atom stereocenters. The molecular weight excluding hydrogens is 300 g/mol. The summed E-state index contributed by atoms with van der Waals surface area (Å²) in [6.45, 7) is 5.45. The van der Waals surface area contributed by atoms with E-state index in [0.29, 0.717) is 16.8 Å². The van der Waals surface area contributed by atoms with Gasteiger partial charge in [-0.2, -0.15) is 0 Å². The molecule has 0 bridgehead atoms. The lowest BCUT2D eigenvalue weighted by molar-refractivity contribution is 0.0794. The second kappa shape index (κ2) is 6.87. The third-order valence-electron chi connectivity index (χ3n) is 4.44. The molecule has 0 aromatic heterocycles. The molecule has 0 radical (unpaired) electrons. The van der Waals surface area contributed by atoms with Crippen LogP contribution in [0.2, 0.25) is 0 Å². The first-order chi connectivity index (χ1) is 11.6. The first-order valence-electron chi connectivity index (χ1n) is 8.33. The Hall–Kier alpha value is -2.62. The van der Waals surface area contributed by atoms with Gasteiger partial charge in [0.15, 0.2) is 0 Å². The maximum absolute atomic E-state index is 12.7. The summed E-state index contributed by atoms with van der Waals surface area (Å²) in [6, 6.07) is 13.0. The molecule has 0 aliphatic carbocycles. The van der Waals surface area contributed by atoms with E-state index in [-0.39, 0.29) is 11.8 Å². The first kappa shape index (κ1) is 16.2. The minimum absolute atomic E-state index is 0.00985. The van der Waals surface area contributed by atoms with Gasteiger partial charge in [-0.05, 0) is 50.5 Å². The Morgan fingerprint density at radius 3 is 2.42 bits per heavy atom. The molecule has 4 heteroatoms.